The van der Waals surface area contributed by atoms with Crippen LogP contribution in [0.2, 0.25) is 0 Å². The van der Waals surface area contributed by atoms with Crippen LogP contribution >= 0.6 is 0 Å². The van der Waals surface area contributed by atoms with Crippen LogP contribution in [0.5, 0.6) is 5.75 Å². The standard InChI is InChI=1S/C92H60O5/c1-5-14-53(15-6-1)62-32-36-82-73(42-62)76-51-77-74-44-66(35-37-83(74)94-88(77)52-87(76)93-82)61-23-13-22-60(40-61)65-30-28-58-29-31-67-48-86-78(49-70(67)69(58)41-65)79-47-68(55-18-9-3-10-19-55)46-71(90(79)97-86)59-26-24-56(25-27-59)63-33-38-84-75(43-63)80-50-72(57-20-11-4-12-21-57)91-89(92(80)95-84)81-45-64(34-39-85(81)96-91)54-16-7-2-8-17-54/h1-28,30,32-40,42-44,46-52,64-65,79,90H,29,31,41,45H2. The molecule has 0 bridgehead atoms. The van der Waals surface area contributed by atoms with Crippen molar-refractivity contribution in [3.05, 3.63) is 341 Å². The summed E-state index contributed by atoms with van der Waals surface area (Å²) < 4.78 is 34.0. The molecule has 0 radical (unpaired) electrons. The highest BCUT2D eigenvalue weighted by molar-refractivity contribution is 6.20. The van der Waals surface area contributed by atoms with E-state index in [9.17, 15) is 0 Å². The summed E-state index contributed by atoms with van der Waals surface area (Å²) in [4.78, 5) is 0. The largest absolute Gasteiger partial charge is 0.484 e. The molecular formula is C92H60O5. The number of rotatable bonds is 8. The van der Waals surface area contributed by atoms with E-state index in [1.807, 2.05) is 0 Å². The Morgan fingerprint density at radius 2 is 0.928 bits per heavy atom. The van der Waals surface area contributed by atoms with E-state index in [2.05, 4.69) is 291 Å². The maximum Gasteiger partial charge on any atom is 0.146 e. The van der Waals surface area contributed by atoms with Gasteiger partial charge in [-0.15, -0.1) is 0 Å². The summed E-state index contributed by atoms with van der Waals surface area (Å²) in [5.74, 6) is 2.40. The third kappa shape index (κ3) is 8.77. The maximum absolute atomic E-state index is 7.26. The highest BCUT2D eigenvalue weighted by Gasteiger charge is 2.41. The van der Waals surface area contributed by atoms with Gasteiger partial charge in [0, 0.05) is 78.4 Å². The molecule has 5 aliphatic rings. The molecule has 4 aromatic heterocycles. The van der Waals surface area contributed by atoms with Crippen molar-refractivity contribution in [2.24, 2.45) is 0 Å². The summed E-state index contributed by atoms with van der Waals surface area (Å²) >= 11 is 0. The van der Waals surface area contributed by atoms with Gasteiger partial charge in [0.25, 0.3) is 0 Å². The fourth-order valence-electron chi connectivity index (χ4n) is 16.8. The number of allylic oxidation sites excluding steroid dienone is 7. The lowest BCUT2D eigenvalue weighted by atomic mass is 9.74. The normalized spacial score (nSPS) is 17.8. The van der Waals surface area contributed by atoms with E-state index in [1.165, 1.54) is 77.9 Å². The molecule has 458 valence electrons. The zero-order valence-corrected chi connectivity index (χ0v) is 52.9. The molecule has 0 spiro atoms. The van der Waals surface area contributed by atoms with Crippen LogP contribution in [0, 0.1) is 0 Å². The molecule has 5 heterocycles. The molecule has 0 fully saturated rings. The lowest BCUT2D eigenvalue weighted by molar-refractivity contribution is 0.278. The predicted molar refractivity (Wildman–Crippen MR) is 396 cm³/mol. The van der Waals surface area contributed by atoms with Crippen molar-refractivity contribution in [1.29, 1.82) is 0 Å². The number of fused-ring (bicyclic) bond motifs is 18. The highest BCUT2D eigenvalue weighted by atomic mass is 16.5. The van der Waals surface area contributed by atoms with Gasteiger partial charge in [-0.25, -0.2) is 0 Å². The summed E-state index contributed by atoms with van der Waals surface area (Å²) in [6.07, 6.45) is 17.8. The zero-order chi connectivity index (χ0) is 63.4. The molecule has 97 heavy (non-hydrogen) atoms. The first kappa shape index (κ1) is 54.5. The summed E-state index contributed by atoms with van der Waals surface area (Å²) in [6.45, 7) is 0. The second-order valence-electron chi connectivity index (χ2n) is 27.1. The molecule has 16 aromatic rings. The van der Waals surface area contributed by atoms with Gasteiger partial charge in [-0.1, -0.05) is 212 Å². The molecule has 5 nitrogen and oxygen atoms in total. The van der Waals surface area contributed by atoms with Crippen molar-refractivity contribution in [1.82, 2.24) is 0 Å². The summed E-state index contributed by atoms with van der Waals surface area (Å²) in [5.41, 5.74) is 30.7. The SMILES string of the molecule is C1=CC(c2cccc(-c3ccc4oc5cc6oc7ccc(-c8ccccc8)cc7c6cc5c4c3)c2)CC2=C1CCc1cc3c(cc12)C1C=C(c2ccccc2)C=C(c2ccc(-c4ccc5oc6c(cc(-c7ccccc7)c7oc8c(c76)CC(c6ccccc6)C=C8)c5c4)cc2)C1O3. The van der Waals surface area contributed by atoms with Crippen molar-refractivity contribution in [2.75, 3.05) is 0 Å². The average Bonchev–Trinajstić information content (AvgIpc) is 1.59. The van der Waals surface area contributed by atoms with Gasteiger partial charge in [0.15, 0.2) is 0 Å². The highest BCUT2D eigenvalue weighted by Crippen LogP contribution is 2.54. The Kier molecular flexibility index (Phi) is 12.0. The van der Waals surface area contributed by atoms with Gasteiger partial charge in [-0.3, -0.25) is 0 Å². The predicted octanol–water partition coefficient (Wildman–Crippen LogP) is 24.6. The van der Waals surface area contributed by atoms with E-state index >= 15 is 0 Å². The minimum absolute atomic E-state index is 0.0279. The number of hydrogen-bond acceptors (Lipinski definition) is 5. The van der Waals surface area contributed by atoms with Crippen LogP contribution in [0.1, 0.15) is 80.9 Å². The van der Waals surface area contributed by atoms with Crippen molar-refractivity contribution in [3.8, 4) is 50.3 Å². The minimum Gasteiger partial charge on any atom is -0.484 e. The second-order valence-corrected chi connectivity index (χ2v) is 27.1. The van der Waals surface area contributed by atoms with E-state index < -0.39 is 0 Å². The molecule has 5 heteroatoms. The third-order valence-corrected chi connectivity index (χ3v) is 21.7. The van der Waals surface area contributed by atoms with E-state index in [1.54, 1.807) is 0 Å². The van der Waals surface area contributed by atoms with Crippen LogP contribution < -0.4 is 4.74 Å². The Morgan fingerprint density at radius 3 is 1.65 bits per heavy atom. The molecule has 4 aliphatic carbocycles. The number of hydrogen-bond donors (Lipinski definition) is 0. The van der Waals surface area contributed by atoms with Gasteiger partial charge < -0.3 is 22.4 Å². The Hall–Kier alpha value is -11.9. The van der Waals surface area contributed by atoms with Gasteiger partial charge in [0.1, 0.15) is 56.7 Å². The molecular weight excluding hydrogens is 1190 g/mol. The molecule has 0 saturated carbocycles. The Morgan fingerprint density at radius 1 is 0.361 bits per heavy atom. The van der Waals surface area contributed by atoms with Crippen molar-refractivity contribution in [3.63, 3.8) is 0 Å². The lowest BCUT2D eigenvalue weighted by Gasteiger charge is -2.29. The van der Waals surface area contributed by atoms with Crippen LogP contribution in [0.15, 0.2) is 308 Å². The van der Waals surface area contributed by atoms with Gasteiger partial charge >= 0.3 is 0 Å². The van der Waals surface area contributed by atoms with E-state index in [-0.39, 0.29) is 23.9 Å². The topological polar surface area (TPSA) is 61.8 Å². The van der Waals surface area contributed by atoms with Crippen molar-refractivity contribution >= 4 is 99.6 Å². The Labute approximate surface area is 559 Å². The summed E-state index contributed by atoms with van der Waals surface area (Å²) in [6, 6.07) is 92.4. The smallest absolute Gasteiger partial charge is 0.146 e. The zero-order valence-electron chi connectivity index (χ0n) is 52.9. The second kappa shape index (κ2) is 21.3. The Bertz CT molecular complexity index is 6140. The first-order valence-corrected chi connectivity index (χ1v) is 34.0. The van der Waals surface area contributed by atoms with Gasteiger partial charge in [0.05, 0.1) is 5.39 Å². The quantitative estimate of drug-likeness (QED) is 0.152. The van der Waals surface area contributed by atoms with Crippen LogP contribution in [-0.2, 0) is 12.8 Å². The van der Waals surface area contributed by atoms with Crippen molar-refractivity contribution < 1.29 is 22.4 Å². The fourth-order valence-corrected chi connectivity index (χ4v) is 16.8. The van der Waals surface area contributed by atoms with Gasteiger partial charge in [0.2, 0.25) is 0 Å². The monoisotopic (exact) mass is 1240 g/mol. The van der Waals surface area contributed by atoms with Crippen LogP contribution in [-0.4, -0.2) is 6.10 Å². The van der Waals surface area contributed by atoms with Gasteiger partial charge in [-0.2, -0.15) is 0 Å². The molecule has 0 saturated heterocycles. The van der Waals surface area contributed by atoms with Gasteiger partial charge in [-0.05, 0) is 188 Å². The first-order chi connectivity index (χ1) is 48.0. The lowest BCUT2D eigenvalue weighted by Crippen LogP contribution is -2.22. The number of furan rings is 4. The maximum atomic E-state index is 7.26. The fraction of sp³-hybridized carbons (Fsp3) is 0.0870. The van der Waals surface area contributed by atoms with Crippen LogP contribution in [0.3, 0.4) is 0 Å². The summed E-state index contributed by atoms with van der Waals surface area (Å²) in [7, 11) is 0. The minimum atomic E-state index is -0.178. The average molecular weight is 1250 g/mol. The molecule has 0 N–H and O–H groups in total. The van der Waals surface area contributed by atoms with Crippen molar-refractivity contribution in [2.45, 2.75) is 49.5 Å². The van der Waals surface area contributed by atoms with E-state index in [0.717, 1.165) is 147 Å². The molecule has 4 unspecified atom stereocenters. The molecule has 1 aliphatic heterocycles. The van der Waals surface area contributed by atoms with E-state index in [0.29, 0.717) is 0 Å². The van der Waals surface area contributed by atoms with Crippen LogP contribution in [0.25, 0.3) is 144 Å². The van der Waals surface area contributed by atoms with E-state index in [4.69, 9.17) is 22.4 Å². The first-order valence-electron chi connectivity index (χ1n) is 34.0. The molecule has 4 atom stereocenters. The number of benzene rings is 12. The molecule has 21 rings (SSSR count). The Balaban J connectivity index is 0.585. The van der Waals surface area contributed by atoms with Crippen LogP contribution in [0.4, 0.5) is 0 Å². The molecule has 0 amide bonds. The molecule has 12 aromatic carbocycles. The number of ether oxygens (including phenoxy) is 1. The number of aryl methyl sites for hydroxylation is 1. The summed E-state index contributed by atoms with van der Waals surface area (Å²) in [5, 5.41) is 7.62. The third-order valence-electron chi connectivity index (χ3n) is 21.7.